The van der Waals surface area contributed by atoms with Crippen LogP contribution in [-0.4, -0.2) is 18.2 Å². The topological polar surface area (TPSA) is 36.4 Å². The monoisotopic (exact) mass is 371 g/mol. The van der Waals surface area contributed by atoms with E-state index in [4.69, 9.17) is 4.42 Å². The van der Waals surface area contributed by atoms with Gasteiger partial charge >= 0.3 is 5.55 Å². The highest BCUT2D eigenvalue weighted by molar-refractivity contribution is 5.81. The lowest BCUT2D eigenvalue weighted by Gasteiger charge is -2.09. The summed E-state index contributed by atoms with van der Waals surface area (Å²) in [5, 5.41) is 10.6. The second kappa shape index (κ2) is 5.94. The Balaban J connectivity index is 0.00000133. The second-order valence-corrected chi connectivity index (χ2v) is 5.00. The van der Waals surface area contributed by atoms with Crippen molar-refractivity contribution in [3.05, 3.63) is 35.4 Å². The average molecular weight is 371 g/mol. The first-order chi connectivity index (χ1) is 8.74. The minimum atomic E-state index is 0. The van der Waals surface area contributed by atoms with Crippen LogP contribution in [0.4, 0.5) is 0 Å². The number of hydrogen-bond acceptors (Lipinski definition) is 2. The number of phenolic OH excluding ortho intramolecular Hbond substituents is 1. The van der Waals surface area contributed by atoms with Crippen molar-refractivity contribution in [2.75, 3.05) is 13.1 Å². The molecule has 3 rings (SSSR count). The number of rotatable bonds is 0. The number of aromatic hydroxyl groups is 1. The number of aryl methyl sites for hydroxylation is 1. The van der Waals surface area contributed by atoms with Gasteiger partial charge in [-0.1, -0.05) is 0 Å². The van der Waals surface area contributed by atoms with Crippen molar-refractivity contribution in [2.45, 2.75) is 26.2 Å². The number of hydrogen-bond donors (Lipinski definition) is 1. The zero-order chi connectivity index (χ0) is 12.5. The predicted octanol–water partition coefficient (Wildman–Crippen LogP) is -0.593. The first-order valence-corrected chi connectivity index (χ1v) is 6.55. The summed E-state index contributed by atoms with van der Waals surface area (Å²) < 4.78 is 8.22. The summed E-state index contributed by atoms with van der Waals surface area (Å²) in [7, 11) is 0. The summed E-state index contributed by atoms with van der Waals surface area (Å²) in [5.74, 6) is 0.251. The van der Waals surface area contributed by atoms with Gasteiger partial charge in [0.25, 0.3) is 0 Å². The summed E-state index contributed by atoms with van der Waals surface area (Å²) >= 11 is 0. The number of halogens is 1. The van der Waals surface area contributed by atoms with E-state index in [9.17, 15) is 5.11 Å². The zero-order valence-corrected chi connectivity index (χ0v) is 13.2. The summed E-state index contributed by atoms with van der Waals surface area (Å²) in [6, 6.07) is 7.40. The van der Waals surface area contributed by atoms with Crippen LogP contribution in [0.5, 0.6) is 5.75 Å². The minimum absolute atomic E-state index is 0. The van der Waals surface area contributed by atoms with Gasteiger partial charge in [0.15, 0.2) is 0 Å². The maximum Gasteiger partial charge on any atom is 0.368 e. The van der Waals surface area contributed by atoms with Crippen LogP contribution < -0.4 is 34.1 Å². The Morgan fingerprint density at radius 3 is 2.58 bits per heavy atom. The van der Waals surface area contributed by atoms with Crippen LogP contribution in [0.3, 0.4) is 0 Å². The molecular formula is C15H18INO2. The number of benzene rings is 1. The molecule has 0 atom stereocenters. The molecule has 4 heteroatoms. The van der Waals surface area contributed by atoms with Crippen LogP contribution in [0.25, 0.3) is 11.0 Å². The molecule has 1 saturated heterocycles. The van der Waals surface area contributed by atoms with Crippen molar-refractivity contribution in [1.29, 1.82) is 0 Å². The van der Waals surface area contributed by atoms with Gasteiger partial charge in [-0.15, -0.1) is 0 Å². The fourth-order valence-electron chi connectivity index (χ4n) is 2.60. The van der Waals surface area contributed by atoms with E-state index in [1.165, 1.54) is 24.8 Å². The molecule has 2 heterocycles. The largest absolute Gasteiger partial charge is 1.00 e. The second-order valence-electron chi connectivity index (χ2n) is 5.00. The molecule has 1 aliphatic rings. The van der Waals surface area contributed by atoms with Crippen molar-refractivity contribution >= 4 is 11.0 Å². The Kier molecular flexibility index (Phi) is 4.50. The summed E-state index contributed by atoms with van der Waals surface area (Å²) in [5.41, 5.74) is 2.87. The Labute approximate surface area is 129 Å². The SMILES string of the molecule is Cc1cc(=[N+]2CCCCC2)oc2cc(O)ccc12.[I-]. The number of phenols is 1. The molecule has 2 aromatic rings. The van der Waals surface area contributed by atoms with E-state index in [0.717, 1.165) is 29.6 Å². The fraction of sp³-hybridized carbons (Fsp3) is 0.400. The van der Waals surface area contributed by atoms with Crippen LogP contribution in [0.15, 0.2) is 28.7 Å². The van der Waals surface area contributed by atoms with Crippen molar-refractivity contribution < 1.29 is 33.5 Å². The number of piperidine rings is 1. The Bertz CT molecular complexity index is 653. The Morgan fingerprint density at radius 2 is 1.84 bits per heavy atom. The molecule has 1 N–H and O–H groups in total. The van der Waals surface area contributed by atoms with Crippen LogP contribution in [0.1, 0.15) is 24.8 Å². The molecule has 3 nitrogen and oxygen atoms in total. The van der Waals surface area contributed by atoms with E-state index < -0.39 is 0 Å². The molecular weight excluding hydrogens is 353 g/mol. The molecule has 1 aromatic carbocycles. The van der Waals surface area contributed by atoms with Crippen LogP contribution in [-0.2, 0) is 0 Å². The van der Waals surface area contributed by atoms with Gasteiger partial charge in [-0.05, 0) is 31.0 Å². The van der Waals surface area contributed by atoms with Gasteiger partial charge in [0, 0.05) is 24.3 Å². The van der Waals surface area contributed by atoms with Gasteiger partial charge in [-0.3, -0.25) is 0 Å². The highest BCUT2D eigenvalue weighted by atomic mass is 127. The Morgan fingerprint density at radius 1 is 1.11 bits per heavy atom. The molecule has 0 saturated carbocycles. The molecule has 0 aliphatic carbocycles. The molecule has 0 spiro atoms. The average Bonchev–Trinajstić information content (AvgIpc) is 2.39. The minimum Gasteiger partial charge on any atom is -1.00 e. The fourth-order valence-corrected chi connectivity index (χ4v) is 2.60. The van der Waals surface area contributed by atoms with Gasteiger partial charge in [0.1, 0.15) is 24.4 Å². The van der Waals surface area contributed by atoms with Crippen LogP contribution >= 0.6 is 0 Å². The van der Waals surface area contributed by atoms with Crippen molar-refractivity contribution in [2.24, 2.45) is 0 Å². The predicted molar refractivity (Wildman–Crippen MR) is 71.5 cm³/mol. The third kappa shape index (κ3) is 2.94. The van der Waals surface area contributed by atoms with Gasteiger partial charge in [0.05, 0.1) is 6.07 Å². The van der Waals surface area contributed by atoms with E-state index in [1.807, 2.05) is 6.07 Å². The maximum absolute atomic E-state index is 9.55. The highest BCUT2D eigenvalue weighted by Crippen LogP contribution is 2.20. The normalized spacial score (nSPS) is 15.3. The first-order valence-electron chi connectivity index (χ1n) is 6.55. The molecule has 1 aliphatic heterocycles. The lowest BCUT2D eigenvalue weighted by Crippen LogP contribution is -3.00. The number of nitrogens with zero attached hydrogens (tertiary/aromatic N) is 1. The summed E-state index contributed by atoms with van der Waals surface area (Å²) in [6.45, 7) is 4.21. The van der Waals surface area contributed by atoms with E-state index in [2.05, 4.69) is 17.6 Å². The van der Waals surface area contributed by atoms with Gasteiger partial charge in [0.2, 0.25) is 0 Å². The standard InChI is InChI=1S/C15H17NO2.HI/c1-11-9-15(16-7-3-2-4-8-16)18-14-10-12(17)5-6-13(11)14;/h5-6,9-10H,2-4,7-8H2,1H3;1H. The molecule has 0 amide bonds. The van der Waals surface area contributed by atoms with Crippen molar-refractivity contribution in [3.8, 4) is 5.75 Å². The molecule has 19 heavy (non-hydrogen) atoms. The molecule has 0 bridgehead atoms. The first kappa shape index (κ1) is 14.4. The molecule has 1 aromatic heterocycles. The summed E-state index contributed by atoms with van der Waals surface area (Å²) in [6.07, 6.45) is 3.77. The van der Waals surface area contributed by atoms with Gasteiger partial charge in [-0.25, -0.2) is 0 Å². The zero-order valence-electron chi connectivity index (χ0n) is 11.0. The molecule has 0 unspecified atom stereocenters. The summed E-state index contributed by atoms with van der Waals surface area (Å²) in [4.78, 5) is 0. The molecule has 102 valence electrons. The van der Waals surface area contributed by atoms with E-state index >= 15 is 0 Å². The molecule has 0 radical (unpaired) electrons. The third-order valence-corrected chi connectivity index (χ3v) is 3.61. The smallest absolute Gasteiger partial charge is 0.368 e. The van der Waals surface area contributed by atoms with Crippen molar-refractivity contribution in [1.82, 2.24) is 4.58 Å². The third-order valence-electron chi connectivity index (χ3n) is 3.61. The van der Waals surface area contributed by atoms with Crippen LogP contribution in [0.2, 0.25) is 0 Å². The highest BCUT2D eigenvalue weighted by Gasteiger charge is 2.14. The van der Waals surface area contributed by atoms with E-state index in [-0.39, 0.29) is 29.7 Å². The van der Waals surface area contributed by atoms with E-state index in [0.29, 0.717) is 0 Å². The lowest BCUT2D eigenvalue weighted by atomic mass is 10.1. The molecule has 1 fully saturated rings. The van der Waals surface area contributed by atoms with Gasteiger partial charge < -0.3 is 33.5 Å². The lowest BCUT2D eigenvalue weighted by molar-refractivity contribution is -0.00000536. The van der Waals surface area contributed by atoms with Crippen molar-refractivity contribution in [3.63, 3.8) is 0 Å². The van der Waals surface area contributed by atoms with Gasteiger partial charge in [-0.2, -0.15) is 4.58 Å². The maximum atomic E-state index is 9.55. The number of fused-ring (bicyclic) bond motifs is 1. The Hall–Kier alpha value is -1.04. The quantitative estimate of drug-likeness (QED) is 0.497. The van der Waals surface area contributed by atoms with Crippen LogP contribution in [0, 0.1) is 6.92 Å². The van der Waals surface area contributed by atoms with E-state index in [1.54, 1.807) is 12.1 Å².